The summed E-state index contributed by atoms with van der Waals surface area (Å²) >= 11 is 3.26. The van der Waals surface area contributed by atoms with Crippen molar-refractivity contribution >= 4 is 27.3 Å². The molecule has 1 aliphatic carbocycles. The fourth-order valence-electron chi connectivity index (χ4n) is 3.07. The summed E-state index contributed by atoms with van der Waals surface area (Å²) in [5, 5.41) is 7.01. The van der Waals surface area contributed by atoms with Crippen molar-refractivity contribution in [2.75, 3.05) is 17.2 Å². The van der Waals surface area contributed by atoms with Gasteiger partial charge in [-0.05, 0) is 40.8 Å². The van der Waals surface area contributed by atoms with E-state index in [1.807, 2.05) is 6.07 Å². The number of nitrogens with one attached hydrogen (secondary N) is 2. The van der Waals surface area contributed by atoms with Gasteiger partial charge in [0.25, 0.3) is 0 Å². The van der Waals surface area contributed by atoms with Crippen molar-refractivity contribution in [2.45, 2.75) is 38.1 Å². The van der Waals surface area contributed by atoms with Crippen molar-refractivity contribution in [3.05, 3.63) is 22.4 Å². The van der Waals surface area contributed by atoms with E-state index in [4.69, 9.17) is 0 Å². The Morgan fingerprint density at radius 3 is 2.83 bits per heavy atom. The van der Waals surface area contributed by atoms with E-state index in [2.05, 4.69) is 26.6 Å². The molecule has 2 unspecified atom stereocenters. The number of fused-ring (bicyclic) bond motifs is 2. The first kappa shape index (κ1) is 12.3. The van der Waals surface area contributed by atoms with Crippen LogP contribution in [0.5, 0.6) is 0 Å². The Hall–Kier alpha value is -0.770. The highest BCUT2D eigenvalue weighted by Crippen LogP contribution is 2.35. The Morgan fingerprint density at radius 2 is 1.94 bits per heavy atom. The van der Waals surface area contributed by atoms with Crippen LogP contribution in [0.2, 0.25) is 0 Å². The van der Waals surface area contributed by atoms with Crippen molar-refractivity contribution in [1.29, 1.82) is 0 Å². The maximum absolute atomic E-state index is 13.6. The number of benzene rings is 1. The molecule has 1 fully saturated rings. The van der Waals surface area contributed by atoms with Gasteiger partial charge in [0.05, 0.1) is 15.8 Å². The summed E-state index contributed by atoms with van der Waals surface area (Å²) < 4.78 is 14.1. The van der Waals surface area contributed by atoms with E-state index in [1.165, 1.54) is 32.1 Å². The summed E-state index contributed by atoms with van der Waals surface area (Å²) in [5.74, 6) is 0.451. The lowest BCUT2D eigenvalue weighted by Gasteiger charge is -2.23. The van der Waals surface area contributed by atoms with Gasteiger partial charge in [0.15, 0.2) is 0 Å². The SMILES string of the molecule is Fc1cc2c(cc1Br)NC1CCCCCC1CN2. The van der Waals surface area contributed by atoms with E-state index in [9.17, 15) is 4.39 Å². The zero-order valence-electron chi connectivity index (χ0n) is 10.3. The van der Waals surface area contributed by atoms with Gasteiger partial charge in [-0.3, -0.25) is 0 Å². The van der Waals surface area contributed by atoms with Gasteiger partial charge in [-0.25, -0.2) is 4.39 Å². The van der Waals surface area contributed by atoms with Gasteiger partial charge in [-0.15, -0.1) is 0 Å². The van der Waals surface area contributed by atoms with Crippen molar-refractivity contribution in [3.8, 4) is 0 Å². The predicted molar refractivity (Wildman–Crippen MR) is 76.6 cm³/mol. The van der Waals surface area contributed by atoms with Gasteiger partial charge < -0.3 is 10.6 Å². The Balaban J connectivity index is 1.90. The van der Waals surface area contributed by atoms with Crippen LogP contribution >= 0.6 is 15.9 Å². The number of hydrogen-bond donors (Lipinski definition) is 2. The van der Waals surface area contributed by atoms with E-state index in [1.54, 1.807) is 6.07 Å². The molecular formula is C14H18BrFN2. The molecule has 3 rings (SSSR count). The molecule has 2 atom stereocenters. The Labute approximate surface area is 115 Å². The minimum Gasteiger partial charge on any atom is -0.383 e. The summed E-state index contributed by atoms with van der Waals surface area (Å²) in [7, 11) is 0. The Morgan fingerprint density at radius 1 is 1.11 bits per heavy atom. The minimum absolute atomic E-state index is 0.204. The maximum atomic E-state index is 13.6. The number of anilines is 2. The first-order valence-corrected chi connectivity index (χ1v) is 7.53. The summed E-state index contributed by atoms with van der Waals surface area (Å²) in [6.45, 7) is 0.950. The van der Waals surface area contributed by atoms with Crippen LogP contribution in [0.15, 0.2) is 16.6 Å². The summed E-state index contributed by atoms with van der Waals surface area (Å²) in [5.41, 5.74) is 1.92. The third-order valence-electron chi connectivity index (χ3n) is 4.12. The molecule has 0 amide bonds. The molecule has 0 spiro atoms. The fraction of sp³-hybridized carbons (Fsp3) is 0.571. The molecule has 18 heavy (non-hydrogen) atoms. The monoisotopic (exact) mass is 312 g/mol. The third kappa shape index (κ3) is 2.35. The van der Waals surface area contributed by atoms with Crippen molar-refractivity contribution in [1.82, 2.24) is 0 Å². The van der Waals surface area contributed by atoms with Crippen molar-refractivity contribution in [3.63, 3.8) is 0 Å². The zero-order chi connectivity index (χ0) is 12.5. The van der Waals surface area contributed by atoms with Crippen LogP contribution in [0, 0.1) is 11.7 Å². The second-order valence-corrected chi connectivity index (χ2v) is 6.20. The average Bonchev–Trinajstić information content (AvgIpc) is 2.64. The second-order valence-electron chi connectivity index (χ2n) is 5.34. The fourth-order valence-corrected chi connectivity index (χ4v) is 3.42. The lowest BCUT2D eigenvalue weighted by Crippen LogP contribution is -2.30. The van der Waals surface area contributed by atoms with Gasteiger partial charge in [-0.2, -0.15) is 0 Å². The molecule has 2 N–H and O–H groups in total. The Bertz CT molecular complexity index is 450. The van der Waals surface area contributed by atoms with Gasteiger partial charge >= 0.3 is 0 Å². The average molecular weight is 313 g/mol. The molecule has 0 saturated heterocycles. The molecule has 2 nitrogen and oxygen atoms in total. The van der Waals surface area contributed by atoms with Crippen LogP contribution in [0.4, 0.5) is 15.8 Å². The van der Waals surface area contributed by atoms with Crippen LogP contribution < -0.4 is 10.6 Å². The molecule has 4 heteroatoms. The van der Waals surface area contributed by atoms with Crippen molar-refractivity contribution in [2.24, 2.45) is 5.92 Å². The highest BCUT2D eigenvalue weighted by molar-refractivity contribution is 9.10. The van der Waals surface area contributed by atoms with E-state index in [0.29, 0.717) is 16.4 Å². The lowest BCUT2D eigenvalue weighted by molar-refractivity contribution is 0.444. The number of halogens is 2. The quantitative estimate of drug-likeness (QED) is 0.743. The molecule has 1 aromatic carbocycles. The molecule has 1 saturated carbocycles. The second kappa shape index (κ2) is 5.08. The standard InChI is InChI=1S/C14H18BrFN2/c15-10-6-14-13(7-11(10)16)17-8-9-4-2-1-3-5-12(9)18-14/h6-7,9,12,17-18H,1-5,8H2. The summed E-state index contributed by atoms with van der Waals surface area (Å²) in [6.07, 6.45) is 6.45. The van der Waals surface area contributed by atoms with Crippen LogP contribution in [0.25, 0.3) is 0 Å². The van der Waals surface area contributed by atoms with Crippen LogP contribution in [0.1, 0.15) is 32.1 Å². The van der Waals surface area contributed by atoms with Gasteiger partial charge in [0, 0.05) is 18.7 Å². The van der Waals surface area contributed by atoms with Crippen LogP contribution in [0.3, 0.4) is 0 Å². The molecule has 1 heterocycles. The predicted octanol–water partition coefficient (Wildman–Crippen LogP) is 4.37. The van der Waals surface area contributed by atoms with Crippen LogP contribution in [-0.4, -0.2) is 12.6 Å². The van der Waals surface area contributed by atoms with Crippen molar-refractivity contribution < 1.29 is 4.39 Å². The third-order valence-corrected chi connectivity index (χ3v) is 4.72. The molecule has 2 aliphatic rings. The highest BCUT2D eigenvalue weighted by Gasteiger charge is 2.27. The number of hydrogen-bond acceptors (Lipinski definition) is 2. The normalized spacial score (nSPS) is 27.0. The first-order valence-electron chi connectivity index (χ1n) is 6.73. The van der Waals surface area contributed by atoms with E-state index < -0.39 is 0 Å². The first-order chi connectivity index (χ1) is 8.74. The molecule has 0 bridgehead atoms. The van der Waals surface area contributed by atoms with E-state index in [-0.39, 0.29) is 5.82 Å². The summed E-state index contributed by atoms with van der Waals surface area (Å²) in [4.78, 5) is 0. The smallest absolute Gasteiger partial charge is 0.139 e. The molecule has 1 aliphatic heterocycles. The van der Waals surface area contributed by atoms with E-state index in [0.717, 1.165) is 17.9 Å². The van der Waals surface area contributed by atoms with E-state index >= 15 is 0 Å². The molecule has 1 aromatic rings. The zero-order valence-corrected chi connectivity index (χ0v) is 11.9. The lowest BCUT2D eigenvalue weighted by atomic mass is 9.95. The Kier molecular flexibility index (Phi) is 3.46. The van der Waals surface area contributed by atoms with Crippen LogP contribution in [-0.2, 0) is 0 Å². The summed E-state index contributed by atoms with van der Waals surface area (Å²) in [6, 6.07) is 3.96. The topological polar surface area (TPSA) is 24.1 Å². The molecule has 0 aromatic heterocycles. The van der Waals surface area contributed by atoms with Gasteiger partial charge in [0.1, 0.15) is 5.82 Å². The largest absolute Gasteiger partial charge is 0.383 e. The van der Waals surface area contributed by atoms with Gasteiger partial charge in [0.2, 0.25) is 0 Å². The maximum Gasteiger partial charge on any atom is 0.139 e. The highest BCUT2D eigenvalue weighted by atomic mass is 79.9. The number of rotatable bonds is 0. The minimum atomic E-state index is -0.204. The molecular weight excluding hydrogens is 295 g/mol. The molecule has 0 radical (unpaired) electrons. The van der Waals surface area contributed by atoms with Gasteiger partial charge in [-0.1, -0.05) is 19.3 Å². The molecule has 98 valence electrons.